The molecule has 13 heteroatoms. The maximum absolute atomic E-state index is 13.7. The number of morpholine rings is 1. The number of carbonyl (C=O) groups excluding carboxylic acids is 6. The Morgan fingerprint density at radius 2 is 1.59 bits per heavy atom. The second kappa shape index (κ2) is 20.5. The first kappa shape index (κ1) is 40.5. The zero-order valence-electron chi connectivity index (χ0n) is 26.8. The fraction of sp³-hybridized carbons (Fsp3) is 0.742. The van der Waals surface area contributed by atoms with Gasteiger partial charge in [-0.3, -0.25) is 24.0 Å². The summed E-state index contributed by atoms with van der Waals surface area (Å²) in [6.07, 6.45) is 4.46. The molecule has 44 heavy (non-hydrogen) atoms. The first-order valence-corrected chi connectivity index (χ1v) is 15.3. The first-order chi connectivity index (χ1) is 20.3. The summed E-state index contributed by atoms with van der Waals surface area (Å²) >= 11 is 0. The molecule has 6 amide bonds. The van der Waals surface area contributed by atoms with E-state index in [0.717, 1.165) is 0 Å². The van der Waals surface area contributed by atoms with E-state index >= 15 is 0 Å². The zero-order chi connectivity index (χ0) is 32.6. The third-order valence-electron chi connectivity index (χ3n) is 6.83. The van der Waals surface area contributed by atoms with Gasteiger partial charge in [-0.2, -0.15) is 0 Å². The van der Waals surface area contributed by atoms with Gasteiger partial charge < -0.3 is 35.8 Å². The predicted molar refractivity (Wildman–Crippen MR) is 170 cm³/mol. The number of likely N-dealkylation sites (tertiary alicyclic amines) is 1. The van der Waals surface area contributed by atoms with Crippen molar-refractivity contribution >= 4 is 35.4 Å². The number of hydrogen-bond donors (Lipinski definition) is 4. The normalized spacial score (nSPS) is 17.5. The molecule has 2 rings (SSSR count). The molecule has 2 unspecified atom stereocenters. The van der Waals surface area contributed by atoms with E-state index in [2.05, 4.69) is 41.7 Å². The van der Waals surface area contributed by atoms with Crippen LogP contribution in [0.1, 0.15) is 81.1 Å². The lowest BCUT2D eigenvalue weighted by Gasteiger charge is -2.35. The molecule has 0 aliphatic carbocycles. The van der Waals surface area contributed by atoms with Crippen LogP contribution in [0.25, 0.3) is 0 Å². The average molecular weight is 625 g/mol. The Bertz CT molecular complexity index is 975. The molecule has 0 saturated carbocycles. The van der Waals surface area contributed by atoms with Crippen LogP contribution >= 0.6 is 0 Å². The van der Waals surface area contributed by atoms with Crippen LogP contribution in [0.3, 0.4) is 0 Å². The van der Waals surface area contributed by atoms with Crippen molar-refractivity contribution in [3.8, 4) is 0 Å². The maximum Gasteiger partial charge on any atom is 0.315 e. The summed E-state index contributed by atoms with van der Waals surface area (Å²) in [4.78, 5) is 79.8. The summed E-state index contributed by atoms with van der Waals surface area (Å²) in [5, 5.41) is 10.3. The quantitative estimate of drug-likeness (QED) is 0.190. The molecular weight excluding hydrogens is 568 g/mol. The van der Waals surface area contributed by atoms with E-state index in [-0.39, 0.29) is 32.8 Å². The van der Waals surface area contributed by atoms with E-state index in [1.807, 2.05) is 6.92 Å². The van der Waals surface area contributed by atoms with Crippen LogP contribution in [0, 0.1) is 5.41 Å². The molecule has 4 N–H and O–H groups in total. The smallest absolute Gasteiger partial charge is 0.315 e. The minimum Gasteiger partial charge on any atom is -0.378 e. The Kier molecular flexibility index (Phi) is 18.9. The topological polar surface area (TPSA) is 166 Å². The van der Waals surface area contributed by atoms with E-state index in [0.29, 0.717) is 52.1 Å². The number of nitrogens with one attached hydrogen (secondary N) is 4. The van der Waals surface area contributed by atoms with Crippen molar-refractivity contribution in [3.63, 3.8) is 0 Å². The molecule has 2 fully saturated rings. The lowest BCUT2D eigenvalue weighted by atomic mass is 9.85. The van der Waals surface area contributed by atoms with Gasteiger partial charge in [0.1, 0.15) is 12.1 Å². The van der Waals surface area contributed by atoms with E-state index < -0.39 is 53.1 Å². The van der Waals surface area contributed by atoms with Crippen molar-refractivity contribution in [2.45, 2.75) is 99.2 Å². The number of hydrogen-bond acceptors (Lipinski definition) is 7. The minimum absolute atomic E-state index is 0. The molecule has 2 aliphatic rings. The molecule has 0 bridgehead atoms. The number of carbonyl (C=O) groups is 6. The van der Waals surface area contributed by atoms with E-state index in [1.54, 1.807) is 25.7 Å². The summed E-state index contributed by atoms with van der Waals surface area (Å²) in [5.74, 6) is -2.79. The Hall–Kier alpha value is -3.48. The zero-order valence-corrected chi connectivity index (χ0v) is 26.8. The number of nitrogens with zero attached hydrogens (tertiary/aromatic N) is 2. The van der Waals surface area contributed by atoms with Crippen molar-refractivity contribution in [1.29, 1.82) is 0 Å². The van der Waals surface area contributed by atoms with Crippen LogP contribution in [0.4, 0.5) is 4.79 Å². The third kappa shape index (κ3) is 13.0. The maximum atomic E-state index is 13.7. The van der Waals surface area contributed by atoms with E-state index in [9.17, 15) is 28.8 Å². The van der Waals surface area contributed by atoms with E-state index in [1.165, 1.54) is 17.4 Å². The van der Waals surface area contributed by atoms with Crippen molar-refractivity contribution in [3.05, 3.63) is 12.7 Å². The summed E-state index contributed by atoms with van der Waals surface area (Å²) in [5.41, 5.74) is -0.712. The van der Waals surface area contributed by atoms with Gasteiger partial charge in [0.15, 0.2) is 0 Å². The Balaban J connectivity index is 0.00000443. The molecular formula is C31H56N6O7. The highest BCUT2D eigenvalue weighted by Gasteiger charge is 2.42. The third-order valence-corrected chi connectivity index (χ3v) is 6.83. The SMILES string of the molecule is C.C=CCNC(=O)C(=O)C(CCC)NC(=O)[C@@H]1CCCN1C(=O)C(NC(=O)NCC(=O)N1CCOCC1)C(C)(C)C.CCC. The molecule has 2 saturated heterocycles. The molecule has 252 valence electrons. The van der Waals surface area contributed by atoms with Crippen molar-refractivity contribution in [2.75, 3.05) is 45.9 Å². The molecule has 0 spiro atoms. The Morgan fingerprint density at radius 1 is 0.977 bits per heavy atom. The largest absolute Gasteiger partial charge is 0.378 e. The van der Waals surface area contributed by atoms with Crippen molar-refractivity contribution in [2.24, 2.45) is 5.41 Å². The van der Waals surface area contributed by atoms with Crippen LogP contribution in [-0.2, 0) is 28.7 Å². The van der Waals surface area contributed by atoms with Gasteiger partial charge in [-0.05, 0) is 24.7 Å². The highest BCUT2D eigenvalue weighted by Crippen LogP contribution is 2.26. The highest BCUT2D eigenvalue weighted by molar-refractivity contribution is 6.38. The number of urea groups is 1. The standard InChI is InChI=1S/C27H44N6O7.C3H8.CH4/c1-6-9-18(21(35)24(37)28-11-7-2)30-23(36)19-10-8-12-33(19)25(38)22(27(3,4)5)31-26(39)29-17-20(34)32-13-15-40-16-14-32;1-3-2;/h7,18-19,22H,2,6,8-17H2,1,3-5H3,(H,28,37)(H,30,36)(H2,29,31,39);3H2,1-2H3;1H4/t18?,19-,22?;;/m0../s1. The number of ketones is 1. The van der Waals surface area contributed by atoms with Gasteiger partial charge in [0.2, 0.25) is 23.5 Å². The second-order valence-corrected chi connectivity index (χ2v) is 11.7. The monoisotopic (exact) mass is 624 g/mol. The summed E-state index contributed by atoms with van der Waals surface area (Å²) in [6, 6.07) is -3.54. The van der Waals surface area contributed by atoms with Gasteiger partial charge in [0, 0.05) is 26.2 Å². The number of Topliss-reactive ketones (excluding diaryl/α,β-unsaturated/α-hetero) is 1. The summed E-state index contributed by atoms with van der Waals surface area (Å²) < 4.78 is 5.23. The number of amides is 6. The van der Waals surface area contributed by atoms with Gasteiger partial charge in [0.25, 0.3) is 5.91 Å². The molecule has 0 radical (unpaired) electrons. The van der Waals surface area contributed by atoms with Gasteiger partial charge in [-0.25, -0.2) is 4.79 Å². The molecule has 0 aromatic carbocycles. The van der Waals surface area contributed by atoms with Crippen LogP contribution in [0.2, 0.25) is 0 Å². The summed E-state index contributed by atoms with van der Waals surface area (Å²) in [7, 11) is 0. The van der Waals surface area contributed by atoms with Crippen LogP contribution in [0.15, 0.2) is 12.7 Å². The lowest BCUT2D eigenvalue weighted by molar-refractivity contribution is -0.143. The molecule has 2 aliphatic heterocycles. The molecule has 0 aromatic heterocycles. The van der Waals surface area contributed by atoms with Crippen LogP contribution < -0.4 is 21.3 Å². The van der Waals surface area contributed by atoms with Gasteiger partial charge >= 0.3 is 6.03 Å². The Labute approximate surface area is 263 Å². The minimum atomic E-state index is -1.02. The summed E-state index contributed by atoms with van der Waals surface area (Å²) in [6.45, 7) is 16.9. The number of ether oxygens (including phenoxy) is 1. The lowest BCUT2D eigenvalue weighted by Crippen LogP contribution is -2.60. The highest BCUT2D eigenvalue weighted by atomic mass is 16.5. The Morgan fingerprint density at radius 3 is 2.14 bits per heavy atom. The first-order valence-electron chi connectivity index (χ1n) is 15.3. The van der Waals surface area contributed by atoms with Gasteiger partial charge in [0.05, 0.1) is 25.8 Å². The fourth-order valence-corrected chi connectivity index (χ4v) is 4.62. The van der Waals surface area contributed by atoms with Gasteiger partial charge in [-0.15, -0.1) is 6.58 Å². The van der Waals surface area contributed by atoms with Crippen LogP contribution in [-0.4, -0.2) is 109 Å². The molecule has 13 nitrogen and oxygen atoms in total. The molecule has 2 heterocycles. The van der Waals surface area contributed by atoms with Crippen molar-refractivity contribution in [1.82, 2.24) is 31.1 Å². The average Bonchev–Trinajstić information content (AvgIpc) is 3.47. The van der Waals surface area contributed by atoms with Gasteiger partial charge in [-0.1, -0.05) is 67.9 Å². The van der Waals surface area contributed by atoms with Crippen molar-refractivity contribution < 1.29 is 33.5 Å². The second-order valence-electron chi connectivity index (χ2n) is 11.7. The van der Waals surface area contributed by atoms with Crippen LogP contribution in [0.5, 0.6) is 0 Å². The predicted octanol–water partition coefficient (Wildman–Crippen LogP) is 1.76. The molecule has 0 aromatic rings. The fourth-order valence-electron chi connectivity index (χ4n) is 4.62. The number of rotatable bonds is 12. The van der Waals surface area contributed by atoms with E-state index in [4.69, 9.17) is 4.74 Å². The molecule has 3 atom stereocenters.